The smallest absolute Gasteiger partial charge is 0.254 e. The number of aryl methyl sites for hydroxylation is 1. The molecule has 0 aliphatic heterocycles. The highest BCUT2D eigenvalue weighted by atomic mass is 16.5. The van der Waals surface area contributed by atoms with Crippen molar-refractivity contribution >= 4 is 12.0 Å². The molecule has 1 aliphatic carbocycles. The molecule has 1 aromatic carbocycles. The molecule has 3 rings (SSSR count). The maximum atomic E-state index is 12.8. The molecule has 0 saturated carbocycles. The van der Waals surface area contributed by atoms with E-state index in [0.717, 1.165) is 11.1 Å². The SMILES string of the molecule is COC[C@@H](NC(=O)c1cn(C)c(=O)c2c1C=CC2)c1ccccc1. The summed E-state index contributed by atoms with van der Waals surface area (Å²) >= 11 is 0. The fraction of sp³-hybridized carbons (Fsp3) is 0.263. The number of fused-ring (bicyclic) bond motifs is 1. The van der Waals surface area contributed by atoms with E-state index in [0.29, 0.717) is 24.2 Å². The first-order valence-corrected chi connectivity index (χ1v) is 7.85. The van der Waals surface area contributed by atoms with Crippen molar-refractivity contribution in [2.24, 2.45) is 7.05 Å². The number of hydrogen-bond donors (Lipinski definition) is 1. The maximum Gasteiger partial charge on any atom is 0.254 e. The first kappa shape index (κ1) is 16.2. The van der Waals surface area contributed by atoms with Crippen molar-refractivity contribution in [2.45, 2.75) is 12.5 Å². The Balaban J connectivity index is 1.92. The van der Waals surface area contributed by atoms with Gasteiger partial charge in [-0.2, -0.15) is 0 Å². The fourth-order valence-electron chi connectivity index (χ4n) is 2.98. The molecule has 124 valence electrons. The minimum absolute atomic E-state index is 0.0527. The zero-order valence-electron chi connectivity index (χ0n) is 13.8. The summed E-state index contributed by atoms with van der Waals surface area (Å²) in [5, 5.41) is 3.01. The number of rotatable bonds is 5. The van der Waals surface area contributed by atoms with E-state index in [9.17, 15) is 9.59 Å². The standard InChI is InChI=1S/C19H20N2O3/c1-21-11-16(14-9-6-10-15(14)19(21)23)18(22)20-17(12-24-2)13-7-4-3-5-8-13/h3-9,11,17H,10,12H2,1-2H3,(H,20,22)/t17-/m1/s1. The predicted octanol–water partition coefficient (Wildman–Crippen LogP) is 2.07. The normalized spacial score (nSPS) is 13.6. The van der Waals surface area contributed by atoms with Crippen LogP contribution in [0, 0.1) is 0 Å². The van der Waals surface area contributed by atoms with Gasteiger partial charge in [-0.25, -0.2) is 0 Å². The zero-order chi connectivity index (χ0) is 17.1. The number of carbonyl (C=O) groups is 1. The Morgan fingerprint density at radius 1 is 1.33 bits per heavy atom. The van der Waals surface area contributed by atoms with Crippen LogP contribution in [0.2, 0.25) is 0 Å². The quantitative estimate of drug-likeness (QED) is 0.916. The highest BCUT2D eigenvalue weighted by Gasteiger charge is 2.22. The van der Waals surface area contributed by atoms with Gasteiger partial charge in [-0.15, -0.1) is 0 Å². The van der Waals surface area contributed by atoms with Gasteiger partial charge in [0.25, 0.3) is 11.5 Å². The number of aromatic nitrogens is 1. The number of benzene rings is 1. The monoisotopic (exact) mass is 324 g/mol. The largest absolute Gasteiger partial charge is 0.382 e. The predicted molar refractivity (Wildman–Crippen MR) is 92.9 cm³/mol. The highest BCUT2D eigenvalue weighted by Crippen LogP contribution is 2.21. The molecule has 0 unspecified atom stereocenters. The molecular weight excluding hydrogens is 304 g/mol. The molecule has 0 radical (unpaired) electrons. The fourth-order valence-corrected chi connectivity index (χ4v) is 2.98. The van der Waals surface area contributed by atoms with Crippen molar-refractivity contribution in [3.63, 3.8) is 0 Å². The molecule has 5 nitrogen and oxygen atoms in total. The summed E-state index contributed by atoms with van der Waals surface area (Å²) in [6.07, 6.45) is 5.93. The Morgan fingerprint density at radius 3 is 2.79 bits per heavy atom. The van der Waals surface area contributed by atoms with Crippen LogP contribution in [0.4, 0.5) is 0 Å². The van der Waals surface area contributed by atoms with Gasteiger partial charge in [0.15, 0.2) is 0 Å². The summed E-state index contributed by atoms with van der Waals surface area (Å²) in [4.78, 5) is 25.0. The molecule has 0 saturated heterocycles. The Morgan fingerprint density at radius 2 is 2.08 bits per heavy atom. The molecule has 0 spiro atoms. The van der Waals surface area contributed by atoms with Gasteiger partial charge < -0.3 is 14.6 Å². The molecule has 1 aliphatic rings. The Hall–Kier alpha value is -2.66. The van der Waals surface area contributed by atoms with Gasteiger partial charge in [-0.3, -0.25) is 9.59 Å². The van der Waals surface area contributed by atoms with E-state index >= 15 is 0 Å². The second-order valence-corrected chi connectivity index (χ2v) is 5.85. The second kappa shape index (κ2) is 6.84. The van der Waals surface area contributed by atoms with E-state index in [4.69, 9.17) is 4.74 Å². The first-order chi connectivity index (χ1) is 11.6. The summed E-state index contributed by atoms with van der Waals surface area (Å²) in [5.41, 5.74) is 2.83. The van der Waals surface area contributed by atoms with Gasteiger partial charge in [-0.1, -0.05) is 42.5 Å². The minimum Gasteiger partial charge on any atom is -0.382 e. The number of methoxy groups -OCH3 is 1. The zero-order valence-corrected chi connectivity index (χ0v) is 13.8. The third kappa shape index (κ3) is 3.03. The van der Waals surface area contributed by atoms with Crippen molar-refractivity contribution in [1.82, 2.24) is 9.88 Å². The highest BCUT2D eigenvalue weighted by molar-refractivity contribution is 5.98. The lowest BCUT2D eigenvalue weighted by Gasteiger charge is -2.19. The third-order valence-corrected chi connectivity index (χ3v) is 4.21. The van der Waals surface area contributed by atoms with Crippen LogP contribution in [0.15, 0.2) is 47.4 Å². The molecule has 1 N–H and O–H groups in total. The summed E-state index contributed by atoms with van der Waals surface area (Å²) in [5.74, 6) is -0.209. The Labute approximate surface area is 140 Å². The van der Waals surface area contributed by atoms with Crippen LogP contribution in [-0.2, 0) is 18.2 Å². The molecule has 2 aromatic rings. The van der Waals surface area contributed by atoms with Gasteiger partial charge in [-0.05, 0) is 17.5 Å². The van der Waals surface area contributed by atoms with E-state index in [-0.39, 0.29) is 17.5 Å². The molecule has 0 fully saturated rings. The van der Waals surface area contributed by atoms with Crippen molar-refractivity contribution < 1.29 is 9.53 Å². The topological polar surface area (TPSA) is 60.3 Å². The van der Waals surface area contributed by atoms with Crippen LogP contribution in [0.25, 0.3) is 6.08 Å². The number of nitrogens with zero attached hydrogens (tertiary/aromatic N) is 1. The van der Waals surface area contributed by atoms with Crippen LogP contribution >= 0.6 is 0 Å². The van der Waals surface area contributed by atoms with Crippen molar-refractivity contribution in [2.75, 3.05) is 13.7 Å². The summed E-state index contributed by atoms with van der Waals surface area (Å²) in [7, 11) is 3.27. The first-order valence-electron chi connectivity index (χ1n) is 7.85. The van der Waals surface area contributed by atoms with Crippen LogP contribution in [0.1, 0.15) is 33.1 Å². The maximum absolute atomic E-state index is 12.8. The van der Waals surface area contributed by atoms with Gasteiger partial charge in [0.05, 0.1) is 18.2 Å². The average molecular weight is 324 g/mol. The van der Waals surface area contributed by atoms with Gasteiger partial charge in [0.1, 0.15) is 0 Å². The number of carbonyl (C=O) groups excluding carboxylic acids is 1. The Kier molecular flexibility index (Phi) is 4.62. The number of amides is 1. The number of hydrogen-bond acceptors (Lipinski definition) is 3. The second-order valence-electron chi connectivity index (χ2n) is 5.85. The number of nitrogens with one attached hydrogen (secondary N) is 1. The van der Waals surface area contributed by atoms with Gasteiger partial charge >= 0.3 is 0 Å². The van der Waals surface area contributed by atoms with Crippen LogP contribution in [-0.4, -0.2) is 24.2 Å². The van der Waals surface area contributed by atoms with E-state index < -0.39 is 0 Å². The molecule has 1 heterocycles. The summed E-state index contributed by atoms with van der Waals surface area (Å²) < 4.78 is 6.71. The van der Waals surface area contributed by atoms with Crippen molar-refractivity contribution in [3.05, 3.63) is 75.2 Å². The number of pyridine rings is 1. The Bertz CT molecular complexity index is 838. The molecule has 1 amide bonds. The van der Waals surface area contributed by atoms with Crippen LogP contribution in [0.3, 0.4) is 0 Å². The molecule has 5 heteroatoms. The van der Waals surface area contributed by atoms with E-state index in [1.807, 2.05) is 42.5 Å². The summed E-state index contributed by atoms with van der Waals surface area (Å²) in [6, 6.07) is 9.44. The molecular formula is C19H20N2O3. The van der Waals surface area contributed by atoms with Crippen LogP contribution < -0.4 is 10.9 Å². The lowest BCUT2D eigenvalue weighted by Crippen LogP contribution is -2.33. The average Bonchev–Trinajstić information content (AvgIpc) is 3.08. The molecule has 24 heavy (non-hydrogen) atoms. The van der Waals surface area contributed by atoms with E-state index in [1.165, 1.54) is 4.57 Å². The van der Waals surface area contributed by atoms with Gasteiger partial charge in [0, 0.05) is 25.9 Å². The third-order valence-electron chi connectivity index (χ3n) is 4.21. The lowest BCUT2D eigenvalue weighted by molar-refractivity contribution is 0.0895. The number of ether oxygens (including phenoxy) is 1. The van der Waals surface area contributed by atoms with Gasteiger partial charge in [0.2, 0.25) is 0 Å². The summed E-state index contributed by atoms with van der Waals surface area (Å²) in [6.45, 7) is 0.375. The van der Waals surface area contributed by atoms with E-state index in [1.54, 1.807) is 20.4 Å². The molecule has 1 atom stereocenters. The molecule has 1 aromatic heterocycles. The minimum atomic E-state index is -0.248. The van der Waals surface area contributed by atoms with Crippen LogP contribution in [0.5, 0.6) is 0 Å². The molecule has 0 bridgehead atoms. The van der Waals surface area contributed by atoms with Crippen molar-refractivity contribution in [3.8, 4) is 0 Å². The van der Waals surface area contributed by atoms with Crippen molar-refractivity contribution in [1.29, 1.82) is 0 Å². The van der Waals surface area contributed by atoms with E-state index in [2.05, 4.69) is 5.32 Å². The number of allylic oxidation sites excluding steroid dienone is 1. The lowest BCUT2D eigenvalue weighted by atomic mass is 10.0.